The second-order valence-electron chi connectivity index (χ2n) is 13.9. The van der Waals surface area contributed by atoms with Gasteiger partial charge in [-0.1, -0.05) is 47.6 Å². The number of phenols is 1. The fourth-order valence-electron chi connectivity index (χ4n) is 7.49. The number of amides is 1. The third-order valence-electron chi connectivity index (χ3n) is 10.5. The van der Waals surface area contributed by atoms with Gasteiger partial charge in [-0.25, -0.2) is 14.6 Å². The standard InChI is InChI=1S/C40H45N5O8S2/c1-4-28-29-20-27(46)10-11-33(29)42-35-30(28)23-45-34(35)21-32-31(37(45)48)24-52-38(49)40(32,5-2)53-39(50)51-17-19-55-54-18-12-41-36(47)26-8-6-25(7-9-26)22-44-15-13-43(3)14-16-44/h6-11,20-21,46H,4-5,12-19,22-24H2,1-3H3,(H,41,47)/t40-/m0/s1. The van der Waals surface area contributed by atoms with Gasteiger partial charge < -0.3 is 34.1 Å². The molecule has 1 amide bonds. The molecular weight excluding hydrogens is 743 g/mol. The molecule has 5 heterocycles. The normalized spacial score (nSPS) is 18.0. The van der Waals surface area contributed by atoms with Gasteiger partial charge in [-0.15, -0.1) is 0 Å². The van der Waals surface area contributed by atoms with Crippen LogP contribution in [0.3, 0.4) is 0 Å². The first kappa shape index (κ1) is 38.7. The van der Waals surface area contributed by atoms with Crippen molar-refractivity contribution in [1.82, 2.24) is 24.7 Å². The number of ether oxygens (including phenoxy) is 3. The molecule has 2 aromatic carbocycles. The van der Waals surface area contributed by atoms with E-state index in [0.717, 1.165) is 49.2 Å². The fourth-order valence-corrected chi connectivity index (χ4v) is 9.23. The van der Waals surface area contributed by atoms with Crippen LogP contribution in [0, 0.1) is 0 Å². The summed E-state index contributed by atoms with van der Waals surface area (Å²) in [4.78, 5) is 62.6. The molecule has 4 aromatic rings. The maximum Gasteiger partial charge on any atom is 0.509 e. The summed E-state index contributed by atoms with van der Waals surface area (Å²) < 4.78 is 18.2. The van der Waals surface area contributed by atoms with Crippen LogP contribution < -0.4 is 10.9 Å². The van der Waals surface area contributed by atoms with Gasteiger partial charge in [-0.05, 0) is 67.4 Å². The number of cyclic esters (lactones) is 1. The number of phenolic OH excluding ortho intramolecular Hbond substituents is 1. The topological polar surface area (TPSA) is 153 Å². The van der Waals surface area contributed by atoms with Crippen LogP contribution in [0.4, 0.5) is 4.79 Å². The average molecular weight is 788 g/mol. The summed E-state index contributed by atoms with van der Waals surface area (Å²) >= 11 is 0. The van der Waals surface area contributed by atoms with Crippen LogP contribution in [0.5, 0.6) is 5.75 Å². The molecule has 7 rings (SSSR count). The van der Waals surface area contributed by atoms with E-state index >= 15 is 0 Å². The van der Waals surface area contributed by atoms with Crippen LogP contribution in [0.25, 0.3) is 22.3 Å². The van der Waals surface area contributed by atoms with E-state index in [1.807, 2.05) is 31.2 Å². The third kappa shape index (κ3) is 7.93. The van der Waals surface area contributed by atoms with E-state index in [4.69, 9.17) is 19.2 Å². The van der Waals surface area contributed by atoms with Crippen LogP contribution in [0.15, 0.2) is 53.3 Å². The minimum absolute atomic E-state index is 0.0192. The van der Waals surface area contributed by atoms with Crippen LogP contribution >= 0.6 is 21.6 Å². The molecule has 3 aliphatic rings. The van der Waals surface area contributed by atoms with Crippen molar-refractivity contribution in [1.29, 1.82) is 0 Å². The van der Waals surface area contributed by atoms with Crippen LogP contribution in [-0.4, -0.2) is 100 Å². The Kier molecular flexibility index (Phi) is 11.7. The van der Waals surface area contributed by atoms with E-state index in [0.29, 0.717) is 46.9 Å². The fraction of sp³-hybridized carbons (Fsp3) is 0.425. The first-order chi connectivity index (χ1) is 26.6. The lowest BCUT2D eigenvalue weighted by molar-refractivity contribution is -0.175. The van der Waals surface area contributed by atoms with Gasteiger partial charge in [0.25, 0.3) is 11.5 Å². The number of esters is 1. The lowest BCUT2D eigenvalue weighted by atomic mass is 9.85. The highest BCUT2D eigenvalue weighted by atomic mass is 33.1. The lowest BCUT2D eigenvalue weighted by Gasteiger charge is -2.35. The number of nitrogens with one attached hydrogen (secondary N) is 1. The summed E-state index contributed by atoms with van der Waals surface area (Å²) in [6, 6.07) is 14.5. The molecule has 0 saturated carbocycles. The number of rotatable bonds is 13. The number of aromatic hydroxyl groups is 1. The van der Waals surface area contributed by atoms with Crippen LogP contribution in [0.2, 0.25) is 0 Å². The number of piperazine rings is 1. The van der Waals surface area contributed by atoms with E-state index in [1.165, 1.54) is 27.2 Å². The van der Waals surface area contributed by atoms with Gasteiger partial charge in [0.2, 0.25) is 5.60 Å². The van der Waals surface area contributed by atoms with Gasteiger partial charge in [-0.3, -0.25) is 14.5 Å². The van der Waals surface area contributed by atoms with Crippen molar-refractivity contribution < 1.29 is 33.7 Å². The number of nitrogens with zero attached hydrogens (tertiary/aromatic N) is 4. The van der Waals surface area contributed by atoms with E-state index < -0.39 is 17.7 Å². The van der Waals surface area contributed by atoms with Crippen molar-refractivity contribution in [3.8, 4) is 17.1 Å². The maximum absolute atomic E-state index is 13.9. The van der Waals surface area contributed by atoms with Crippen molar-refractivity contribution in [3.63, 3.8) is 0 Å². The average Bonchev–Trinajstić information content (AvgIpc) is 3.55. The predicted molar refractivity (Wildman–Crippen MR) is 212 cm³/mol. The zero-order valence-electron chi connectivity index (χ0n) is 31.2. The molecule has 2 aromatic heterocycles. The van der Waals surface area contributed by atoms with Crippen molar-refractivity contribution in [2.75, 3.05) is 57.9 Å². The molecule has 13 nitrogen and oxygen atoms in total. The van der Waals surface area contributed by atoms with E-state index in [2.05, 4.69) is 22.2 Å². The minimum Gasteiger partial charge on any atom is -0.508 e. The number of hydrogen-bond donors (Lipinski definition) is 2. The van der Waals surface area contributed by atoms with E-state index in [-0.39, 0.29) is 54.5 Å². The molecule has 0 radical (unpaired) electrons. The monoisotopic (exact) mass is 787 g/mol. The molecule has 0 bridgehead atoms. The number of aryl methyl sites for hydroxylation is 1. The Labute approximate surface area is 327 Å². The highest BCUT2D eigenvalue weighted by Gasteiger charge is 2.51. The van der Waals surface area contributed by atoms with Gasteiger partial charge >= 0.3 is 12.1 Å². The minimum atomic E-state index is -1.87. The zero-order chi connectivity index (χ0) is 38.7. The Balaban J connectivity index is 0.911. The molecule has 1 fully saturated rings. The zero-order valence-corrected chi connectivity index (χ0v) is 32.9. The molecule has 55 heavy (non-hydrogen) atoms. The predicted octanol–water partition coefficient (Wildman–Crippen LogP) is 5.07. The van der Waals surface area contributed by atoms with Crippen molar-refractivity contribution in [2.45, 2.75) is 52.0 Å². The Hall–Kier alpha value is -4.57. The number of hydrogen-bond acceptors (Lipinski definition) is 13. The molecule has 0 unspecified atom stereocenters. The second kappa shape index (κ2) is 16.7. The number of pyridine rings is 2. The SMILES string of the molecule is CCc1c2c(nc3ccc(O)cc13)-c1cc3c(c(=O)n1C2)COC(=O)[C@@]3(CC)OC(=O)OCCSSCCNC(=O)c1ccc(CN2CCN(C)CC2)cc1. The number of aromatic nitrogens is 2. The van der Waals surface area contributed by atoms with Gasteiger partial charge in [0.1, 0.15) is 19.0 Å². The number of likely N-dealkylation sites (N-methyl/N-ethyl adjacent to an activating group) is 1. The largest absolute Gasteiger partial charge is 0.509 e. The molecular formula is C40H45N5O8S2. The third-order valence-corrected chi connectivity index (χ3v) is 12.9. The summed E-state index contributed by atoms with van der Waals surface area (Å²) in [5, 5.41) is 13.9. The molecule has 290 valence electrons. The Morgan fingerprint density at radius 1 is 1.00 bits per heavy atom. The van der Waals surface area contributed by atoms with Crippen molar-refractivity contribution in [2.24, 2.45) is 0 Å². The molecule has 0 aliphatic carbocycles. The number of carbonyl (C=O) groups is 3. The first-order valence-electron chi connectivity index (χ1n) is 18.6. The van der Waals surface area contributed by atoms with Crippen molar-refractivity contribution in [3.05, 3.63) is 92.3 Å². The second-order valence-corrected chi connectivity index (χ2v) is 16.6. The van der Waals surface area contributed by atoms with E-state index in [1.54, 1.807) is 35.8 Å². The molecule has 1 saturated heterocycles. The smallest absolute Gasteiger partial charge is 0.508 e. The molecule has 2 N–H and O–H groups in total. The first-order valence-corrected chi connectivity index (χ1v) is 21.1. The van der Waals surface area contributed by atoms with E-state index in [9.17, 15) is 24.3 Å². The highest BCUT2D eigenvalue weighted by Crippen LogP contribution is 2.42. The van der Waals surface area contributed by atoms with Crippen LogP contribution in [-0.2, 0) is 50.7 Å². The van der Waals surface area contributed by atoms with Gasteiger partial charge in [0.05, 0.1) is 29.0 Å². The van der Waals surface area contributed by atoms with Gasteiger partial charge in [0, 0.05) is 72.9 Å². The summed E-state index contributed by atoms with van der Waals surface area (Å²) in [6.07, 6.45) is -0.369. The number of fused-ring (bicyclic) bond motifs is 5. The molecule has 15 heteroatoms. The molecule has 3 aliphatic heterocycles. The number of carbonyl (C=O) groups excluding carboxylic acids is 3. The summed E-state index contributed by atoms with van der Waals surface area (Å²) in [5.74, 6) is 0.341. The van der Waals surface area contributed by atoms with Gasteiger partial charge in [0.15, 0.2) is 0 Å². The quantitative estimate of drug-likeness (QED) is 0.0930. The Morgan fingerprint density at radius 2 is 1.76 bits per heavy atom. The Morgan fingerprint density at radius 3 is 2.51 bits per heavy atom. The van der Waals surface area contributed by atoms with Crippen LogP contribution in [0.1, 0.15) is 58.4 Å². The number of benzene rings is 2. The summed E-state index contributed by atoms with van der Waals surface area (Å²) in [5.41, 5.74) is 3.76. The van der Waals surface area contributed by atoms with Crippen molar-refractivity contribution >= 4 is 50.5 Å². The highest BCUT2D eigenvalue weighted by molar-refractivity contribution is 8.76. The molecule has 0 spiro atoms. The summed E-state index contributed by atoms with van der Waals surface area (Å²) in [7, 11) is 5.16. The Bertz CT molecular complexity index is 2170. The molecule has 1 atom stereocenters. The van der Waals surface area contributed by atoms with Gasteiger partial charge in [-0.2, -0.15) is 0 Å². The maximum atomic E-state index is 13.9. The lowest BCUT2D eigenvalue weighted by Crippen LogP contribution is -2.47. The summed E-state index contributed by atoms with van der Waals surface area (Å²) in [6.45, 7) is 9.34.